The second-order valence-electron chi connectivity index (χ2n) is 5.60. The molecule has 7 nitrogen and oxygen atoms in total. The standard InChI is InChI=1S/C16H11F3N4O3S/c1-6-21-8(4-27-6)10-11(22-15(20)23-14(10)16(17,18)19)7-2-3-9-13(12(7)24)26-5-25-9/h2-4,24H,5H2,1H3,(H2,20,22,23). The number of thiazole rings is 1. The highest BCUT2D eigenvalue weighted by Gasteiger charge is 2.39. The Morgan fingerprint density at radius 1 is 1.19 bits per heavy atom. The molecule has 0 saturated heterocycles. The lowest BCUT2D eigenvalue weighted by Gasteiger charge is -2.16. The van der Waals surface area contributed by atoms with Gasteiger partial charge in [0.1, 0.15) is 0 Å². The van der Waals surface area contributed by atoms with Gasteiger partial charge < -0.3 is 20.3 Å². The Balaban J connectivity index is 2.05. The molecular formula is C16H11F3N4O3S. The average Bonchev–Trinajstić information content (AvgIpc) is 3.23. The number of benzene rings is 1. The highest BCUT2D eigenvalue weighted by atomic mass is 32.1. The van der Waals surface area contributed by atoms with Gasteiger partial charge in [-0.05, 0) is 19.1 Å². The summed E-state index contributed by atoms with van der Waals surface area (Å²) < 4.78 is 51.3. The topological polar surface area (TPSA) is 103 Å². The van der Waals surface area contributed by atoms with Gasteiger partial charge in [0.25, 0.3) is 0 Å². The lowest BCUT2D eigenvalue weighted by Crippen LogP contribution is -2.14. The van der Waals surface area contributed by atoms with Crippen molar-refractivity contribution in [3.63, 3.8) is 0 Å². The van der Waals surface area contributed by atoms with Crippen LogP contribution < -0.4 is 15.2 Å². The molecule has 3 aromatic rings. The zero-order valence-electron chi connectivity index (χ0n) is 13.7. The molecule has 1 aliphatic heterocycles. The summed E-state index contributed by atoms with van der Waals surface area (Å²) in [7, 11) is 0. The van der Waals surface area contributed by atoms with Crippen LogP contribution in [0.1, 0.15) is 10.7 Å². The molecular weight excluding hydrogens is 385 g/mol. The Kier molecular flexibility index (Phi) is 3.84. The van der Waals surface area contributed by atoms with Crippen molar-refractivity contribution in [2.45, 2.75) is 13.1 Å². The third-order valence-corrected chi connectivity index (χ3v) is 4.61. The Morgan fingerprint density at radius 2 is 1.96 bits per heavy atom. The second-order valence-corrected chi connectivity index (χ2v) is 6.66. The normalized spacial score (nSPS) is 13.2. The van der Waals surface area contributed by atoms with E-state index in [2.05, 4.69) is 15.0 Å². The predicted molar refractivity (Wildman–Crippen MR) is 90.5 cm³/mol. The number of aromatic nitrogens is 3. The van der Waals surface area contributed by atoms with Crippen LogP contribution in [0.5, 0.6) is 17.2 Å². The highest BCUT2D eigenvalue weighted by Crippen LogP contribution is 2.49. The molecule has 0 saturated carbocycles. The van der Waals surface area contributed by atoms with Crippen LogP contribution in [0.4, 0.5) is 19.1 Å². The zero-order chi connectivity index (χ0) is 19.3. The quantitative estimate of drug-likeness (QED) is 0.682. The summed E-state index contributed by atoms with van der Waals surface area (Å²) in [5.41, 5.74) is 3.78. The predicted octanol–water partition coefficient (Wildman–Crippen LogP) is 3.61. The van der Waals surface area contributed by atoms with Crippen LogP contribution >= 0.6 is 11.3 Å². The molecule has 27 heavy (non-hydrogen) atoms. The van der Waals surface area contributed by atoms with E-state index in [0.29, 0.717) is 5.01 Å². The summed E-state index contributed by atoms with van der Waals surface area (Å²) in [6.45, 7) is 1.56. The van der Waals surface area contributed by atoms with E-state index in [1.807, 2.05) is 0 Å². The smallest absolute Gasteiger partial charge is 0.434 e. The molecule has 4 rings (SSSR count). The molecule has 3 heterocycles. The molecule has 0 unspecified atom stereocenters. The summed E-state index contributed by atoms with van der Waals surface area (Å²) in [4.78, 5) is 11.5. The minimum atomic E-state index is -4.80. The molecule has 0 amide bonds. The van der Waals surface area contributed by atoms with E-state index < -0.39 is 23.6 Å². The summed E-state index contributed by atoms with van der Waals surface area (Å²) in [6, 6.07) is 2.85. The number of fused-ring (bicyclic) bond motifs is 1. The van der Waals surface area contributed by atoms with E-state index in [0.717, 1.165) is 0 Å². The maximum atomic E-state index is 13.7. The lowest BCUT2D eigenvalue weighted by molar-refractivity contribution is -0.140. The van der Waals surface area contributed by atoms with Crippen LogP contribution in [-0.2, 0) is 6.18 Å². The fraction of sp³-hybridized carbons (Fsp3) is 0.188. The van der Waals surface area contributed by atoms with Crippen molar-refractivity contribution in [3.8, 4) is 39.8 Å². The minimum absolute atomic E-state index is 0.000460. The molecule has 3 N–H and O–H groups in total. The summed E-state index contributed by atoms with van der Waals surface area (Å²) in [5.74, 6) is -0.673. The van der Waals surface area contributed by atoms with E-state index in [9.17, 15) is 18.3 Å². The monoisotopic (exact) mass is 396 g/mol. The number of nitrogens with two attached hydrogens (primary N) is 1. The molecule has 1 aromatic carbocycles. The van der Waals surface area contributed by atoms with Crippen molar-refractivity contribution in [1.29, 1.82) is 0 Å². The number of ether oxygens (including phenoxy) is 2. The van der Waals surface area contributed by atoms with Crippen LogP contribution in [0.25, 0.3) is 22.5 Å². The first-order valence-electron chi connectivity index (χ1n) is 7.55. The van der Waals surface area contributed by atoms with E-state index in [-0.39, 0.29) is 40.8 Å². The number of hydrogen-bond donors (Lipinski definition) is 2. The van der Waals surface area contributed by atoms with Crippen LogP contribution in [0.3, 0.4) is 0 Å². The minimum Gasteiger partial charge on any atom is -0.504 e. The molecule has 1 aliphatic rings. The Labute approximate surface area is 154 Å². The molecule has 11 heteroatoms. The SMILES string of the molecule is Cc1nc(-c2c(-c3ccc4c(c3O)OCO4)nc(N)nc2C(F)(F)F)cs1. The maximum Gasteiger partial charge on any atom is 0.434 e. The number of phenolic OH excluding ortho intramolecular Hbond substituents is 1. The van der Waals surface area contributed by atoms with Gasteiger partial charge in [-0.3, -0.25) is 0 Å². The Morgan fingerprint density at radius 3 is 2.63 bits per heavy atom. The lowest BCUT2D eigenvalue weighted by atomic mass is 10.0. The number of alkyl halides is 3. The van der Waals surface area contributed by atoms with Gasteiger partial charge in [0, 0.05) is 10.9 Å². The van der Waals surface area contributed by atoms with Gasteiger partial charge in [0.2, 0.25) is 18.5 Å². The fourth-order valence-corrected chi connectivity index (χ4v) is 3.35. The molecule has 0 bridgehead atoms. The molecule has 0 aliphatic carbocycles. The summed E-state index contributed by atoms with van der Waals surface area (Å²) in [5, 5.41) is 12.5. The van der Waals surface area contributed by atoms with Gasteiger partial charge in [-0.2, -0.15) is 13.2 Å². The third-order valence-electron chi connectivity index (χ3n) is 3.84. The van der Waals surface area contributed by atoms with Gasteiger partial charge in [-0.15, -0.1) is 11.3 Å². The summed E-state index contributed by atoms with van der Waals surface area (Å²) in [6.07, 6.45) is -4.80. The van der Waals surface area contributed by atoms with Gasteiger partial charge in [-0.1, -0.05) is 0 Å². The van der Waals surface area contributed by atoms with Crippen molar-refractivity contribution in [1.82, 2.24) is 15.0 Å². The maximum absolute atomic E-state index is 13.7. The Bertz CT molecular complexity index is 1050. The van der Waals surface area contributed by atoms with Crippen molar-refractivity contribution < 1.29 is 27.8 Å². The van der Waals surface area contributed by atoms with Gasteiger partial charge in [0.15, 0.2) is 17.2 Å². The molecule has 140 valence electrons. The number of rotatable bonds is 2. The van der Waals surface area contributed by atoms with Crippen LogP contribution in [0, 0.1) is 6.92 Å². The van der Waals surface area contributed by atoms with Gasteiger partial charge in [-0.25, -0.2) is 15.0 Å². The van der Waals surface area contributed by atoms with Crippen LogP contribution in [0.15, 0.2) is 17.5 Å². The first-order chi connectivity index (χ1) is 12.8. The van der Waals surface area contributed by atoms with Gasteiger partial charge in [0.05, 0.1) is 22.0 Å². The number of hydrogen-bond acceptors (Lipinski definition) is 8. The van der Waals surface area contributed by atoms with E-state index in [4.69, 9.17) is 15.2 Å². The molecule has 0 spiro atoms. The molecule has 2 aromatic heterocycles. The number of aryl methyl sites for hydroxylation is 1. The average molecular weight is 396 g/mol. The number of aromatic hydroxyl groups is 1. The van der Waals surface area contributed by atoms with Crippen molar-refractivity contribution in [2.75, 3.05) is 12.5 Å². The molecule has 0 fully saturated rings. The number of halogens is 3. The van der Waals surface area contributed by atoms with E-state index in [1.54, 1.807) is 6.92 Å². The second kappa shape index (κ2) is 5.98. The fourth-order valence-electron chi connectivity index (χ4n) is 2.75. The zero-order valence-corrected chi connectivity index (χ0v) is 14.5. The van der Waals surface area contributed by atoms with Crippen LogP contribution in [0.2, 0.25) is 0 Å². The van der Waals surface area contributed by atoms with Crippen molar-refractivity contribution in [2.24, 2.45) is 0 Å². The van der Waals surface area contributed by atoms with Crippen molar-refractivity contribution >= 4 is 17.3 Å². The first kappa shape index (κ1) is 17.3. The largest absolute Gasteiger partial charge is 0.504 e. The highest BCUT2D eigenvalue weighted by molar-refractivity contribution is 7.09. The van der Waals surface area contributed by atoms with E-state index >= 15 is 0 Å². The number of nitrogen functional groups attached to an aromatic ring is 1. The number of anilines is 1. The van der Waals surface area contributed by atoms with Crippen LogP contribution in [-0.4, -0.2) is 26.9 Å². The van der Waals surface area contributed by atoms with Crippen molar-refractivity contribution in [3.05, 3.63) is 28.2 Å². The summed E-state index contributed by atoms with van der Waals surface area (Å²) >= 11 is 1.18. The third kappa shape index (κ3) is 2.89. The number of phenols is 1. The van der Waals surface area contributed by atoms with Gasteiger partial charge >= 0.3 is 6.18 Å². The Hall–Kier alpha value is -3.08. The molecule has 0 atom stereocenters. The molecule has 0 radical (unpaired) electrons. The number of nitrogens with zero attached hydrogens (tertiary/aromatic N) is 3. The van der Waals surface area contributed by atoms with E-state index in [1.165, 1.54) is 28.8 Å². The first-order valence-corrected chi connectivity index (χ1v) is 8.43.